The maximum Gasteiger partial charge on any atom is 0.217 e. The van der Waals surface area contributed by atoms with E-state index in [1.165, 1.54) is 0 Å². The van der Waals surface area contributed by atoms with Crippen LogP contribution in [0.2, 0.25) is 0 Å². The average Bonchev–Trinajstić information content (AvgIpc) is 2.08. The first kappa shape index (κ1) is 15.9. The first-order chi connectivity index (χ1) is 7.20. The SMILES string of the molecule is Cc1cc(C(=O)C[N+](C)(C)C)c(C)cc1N.[Cl-]. The molecule has 0 saturated heterocycles. The molecule has 0 bridgehead atoms. The number of anilines is 1. The lowest BCUT2D eigenvalue weighted by molar-refractivity contribution is -0.861. The molecule has 0 fully saturated rings. The number of nitrogen functional groups attached to an aromatic ring is 1. The van der Waals surface area contributed by atoms with E-state index in [1.807, 2.05) is 47.1 Å². The number of carbonyl (C=O) groups is 1. The summed E-state index contributed by atoms with van der Waals surface area (Å²) in [6, 6.07) is 3.76. The van der Waals surface area contributed by atoms with Gasteiger partial charge >= 0.3 is 0 Å². The monoisotopic (exact) mass is 256 g/mol. The highest BCUT2D eigenvalue weighted by Crippen LogP contribution is 2.18. The van der Waals surface area contributed by atoms with Gasteiger partial charge in [-0.1, -0.05) is 0 Å². The predicted octanol–water partition coefficient (Wildman–Crippen LogP) is -1.22. The number of likely N-dealkylation sites (N-methyl/N-ethyl adjacent to an activating group) is 1. The summed E-state index contributed by atoms with van der Waals surface area (Å²) in [5, 5.41) is 0. The first-order valence-corrected chi connectivity index (χ1v) is 5.41. The Bertz CT molecular complexity index is 422. The zero-order valence-corrected chi connectivity index (χ0v) is 11.9. The lowest BCUT2D eigenvalue weighted by atomic mass is 10.00. The van der Waals surface area contributed by atoms with Gasteiger partial charge in [-0.15, -0.1) is 0 Å². The van der Waals surface area contributed by atoms with Gasteiger partial charge in [0.25, 0.3) is 0 Å². The number of hydrogen-bond donors (Lipinski definition) is 1. The number of aryl methyl sites for hydroxylation is 2. The summed E-state index contributed by atoms with van der Waals surface area (Å²) in [6.45, 7) is 4.36. The minimum absolute atomic E-state index is 0. The van der Waals surface area contributed by atoms with Crippen LogP contribution in [-0.4, -0.2) is 38.0 Å². The molecule has 0 saturated carbocycles. The third-order valence-corrected chi connectivity index (χ3v) is 2.53. The molecule has 0 aliphatic rings. The van der Waals surface area contributed by atoms with Crippen LogP contribution < -0.4 is 18.1 Å². The first-order valence-electron chi connectivity index (χ1n) is 5.41. The second-order valence-electron chi connectivity index (χ2n) is 5.40. The molecule has 17 heavy (non-hydrogen) atoms. The number of Topliss-reactive ketones (excluding diaryl/α,β-unsaturated/α-hetero) is 1. The lowest BCUT2D eigenvalue weighted by Gasteiger charge is -2.23. The third kappa shape index (κ3) is 4.36. The van der Waals surface area contributed by atoms with E-state index in [4.69, 9.17) is 5.73 Å². The Morgan fingerprint density at radius 3 is 2.18 bits per heavy atom. The van der Waals surface area contributed by atoms with E-state index < -0.39 is 0 Å². The zero-order valence-electron chi connectivity index (χ0n) is 11.2. The van der Waals surface area contributed by atoms with Crippen molar-refractivity contribution in [2.24, 2.45) is 0 Å². The fourth-order valence-corrected chi connectivity index (χ4v) is 1.65. The maximum absolute atomic E-state index is 12.1. The standard InChI is InChI=1S/C13H20N2O.ClH/c1-9-7-12(14)10(2)6-11(9)13(16)8-15(3,4)5;/h6-7H,8H2,1-5H3,(H-,14,16);1H. The van der Waals surface area contributed by atoms with Crippen LogP contribution in [0, 0.1) is 13.8 Å². The molecule has 0 aliphatic heterocycles. The van der Waals surface area contributed by atoms with Gasteiger partial charge < -0.3 is 22.6 Å². The van der Waals surface area contributed by atoms with Gasteiger partial charge in [0, 0.05) is 11.3 Å². The smallest absolute Gasteiger partial charge is 0.217 e. The van der Waals surface area contributed by atoms with Crippen molar-refractivity contribution in [1.29, 1.82) is 0 Å². The van der Waals surface area contributed by atoms with Gasteiger partial charge in [-0.3, -0.25) is 4.79 Å². The minimum atomic E-state index is 0. The molecule has 0 radical (unpaired) electrons. The number of benzene rings is 1. The molecule has 1 rings (SSSR count). The van der Waals surface area contributed by atoms with Crippen molar-refractivity contribution >= 4 is 11.5 Å². The van der Waals surface area contributed by atoms with Gasteiger partial charge in [0.1, 0.15) is 6.54 Å². The molecule has 0 spiro atoms. The quantitative estimate of drug-likeness (QED) is 0.419. The molecule has 96 valence electrons. The summed E-state index contributed by atoms with van der Waals surface area (Å²) >= 11 is 0. The molecule has 0 amide bonds. The topological polar surface area (TPSA) is 43.1 Å². The Morgan fingerprint density at radius 1 is 1.18 bits per heavy atom. The Labute approximate surface area is 110 Å². The predicted molar refractivity (Wildman–Crippen MR) is 67.6 cm³/mol. The van der Waals surface area contributed by atoms with Gasteiger partial charge in [0.2, 0.25) is 5.78 Å². The summed E-state index contributed by atoms with van der Waals surface area (Å²) in [7, 11) is 6.03. The van der Waals surface area contributed by atoms with Gasteiger partial charge in [-0.05, 0) is 37.1 Å². The summed E-state index contributed by atoms with van der Waals surface area (Å²) in [5.41, 5.74) is 9.27. The number of halogens is 1. The van der Waals surface area contributed by atoms with Gasteiger partial charge in [0.15, 0.2) is 0 Å². The van der Waals surface area contributed by atoms with Crippen LogP contribution >= 0.6 is 0 Å². The average molecular weight is 257 g/mol. The molecule has 3 nitrogen and oxygen atoms in total. The second kappa shape index (κ2) is 5.52. The van der Waals surface area contributed by atoms with Crippen LogP contribution in [0.25, 0.3) is 0 Å². The molecule has 1 aromatic carbocycles. The van der Waals surface area contributed by atoms with Gasteiger partial charge in [0.05, 0.1) is 21.1 Å². The molecule has 4 heteroatoms. The third-order valence-electron chi connectivity index (χ3n) is 2.53. The van der Waals surface area contributed by atoms with Gasteiger partial charge in [-0.2, -0.15) is 0 Å². The van der Waals surface area contributed by atoms with Crippen molar-refractivity contribution in [3.8, 4) is 0 Å². The molecular formula is C13H21ClN2O. The van der Waals surface area contributed by atoms with Crippen molar-refractivity contribution in [3.63, 3.8) is 0 Å². The molecule has 0 atom stereocenters. The van der Waals surface area contributed by atoms with Crippen LogP contribution in [0.4, 0.5) is 5.69 Å². The highest BCUT2D eigenvalue weighted by Gasteiger charge is 2.18. The van der Waals surface area contributed by atoms with E-state index in [0.717, 1.165) is 22.4 Å². The van der Waals surface area contributed by atoms with E-state index in [0.29, 0.717) is 11.0 Å². The zero-order chi connectivity index (χ0) is 12.5. The number of hydrogen-bond acceptors (Lipinski definition) is 2. The normalized spacial score (nSPS) is 10.9. The van der Waals surface area contributed by atoms with Gasteiger partial charge in [-0.25, -0.2) is 0 Å². The number of ketones is 1. The highest BCUT2D eigenvalue weighted by atomic mass is 35.5. The van der Waals surface area contributed by atoms with Crippen LogP contribution in [0.1, 0.15) is 21.5 Å². The number of nitrogens with two attached hydrogens (primary N) is 1. The summed E-state index contributed by atoms with van der Waals surface area (Å²) < 4.78 is 0.641. The van der Waals surface area contributed by atoms with Crippen LogP contribution in [-0.2, 0) is 0 Å². The van der Waals surface area contributed by atoms with Crippen molar-refractivity contribution in [2.45, 2.75) is 13.8 Å². The number of rotatable bonds is 3. The summed E-state index contributed by atoms with van der Waals surface area (Å²) in [6.07, 6.45) is 0. The second-order valence-corrected chi connectivity index (χ2v) is 5.40. The van der Waals surface area contributed by atoms with E-state index in [2.05, 4.69) is 0 Å². The summed E-state index contributed by atoms with van der Waals surface area (Å²) in [4.78, 5) is 12.1. The van der Waals surface area contributed by atoms with E-state index in [1.54, 1.807) is 0 Å². The van der Waals surface area contributed by atoms with Crippen molar-refractivity contribution in [1.82, 2.24) is 0 Å². The van der Waals surface area contributed by atoms with Crippen LogP contribution in [0.3, 0.4) is 0 Å². The summed E-state index contributed by atoms with van der Waals surface area (Å²) in [5.74, 6) is 0.174. The Morgan fingerprint density at radius 2 is 1.71 bits per heavy atom. The van der Waals surface area contributed by atoms with Crippen molar-refractivity contribution in [3.05, 3.63) is 28.8 Å². The Kier molecular flexibility index (Phi) is 5.17. The fourth-order valence-electron chi connectivity index (χ4n) is 1.65. The molecule has 0 aromatic heterocycles. The number of carbonyl (C=O) groups excluding carboxylic acids is 1. The largest absolute Gasteiger partial charge is 1.00 e. The molecule has 1 aromatic rings. The van der Waals surface area contributed by atoms with Crippen molar-refractivity contribution < 1.29 is 21.7 Å². The highest BCUT2D eigenvalue weighted by molar-refractivity contribution is 5.99. The Hall–Kier alpha value is -1.06. The van der Waals surface area contributed by atoms with Crippen LogP contribution in [0.5, 0.6) is 0 Å². The lowest BCUT2D eigenvalue weighted by Crippen LogP contribution is -3.00. The maximum atomic E-state index is 12.1. The fraction of sp³-hybridized carbons (Fsp3) is 0.462. The van der Waals surface area contributed by atoms with E-state index in [9.17, 15) is 4.79 Å². The molecular weight excluding hydrogens is 236 g/mol. The molecule has 0 heterocycles. The number of quaternary nitrogens is 1. The van der Waals surface area contributed by atoms with Crippen molar-refractivity contribution in [2.75, 3.05) is 33.4 Å². The van der Waals surface area contributed by atoms with E-state index >= 15 is 0 Å². The van der Waals surface area contributed by atoms with Crippen LogP contribution in [0.15, 0.2) is 12.1 Å². The Balaban J connectivity index is 0.00000256. The molecule has 2 N–H and O–H groups in total. The van der Waals surface area contributed by atoms with E-state index in [-0.39, 0.29) is 18.2 Å². The molecule has 0 aliphatic carbocycles. The molecule has 0 unspecified atom stereocenters. The minimum Gasteiger partial charge on any atom is -1.00 e. The number of nitrogens with zero attached hydrogens (tertiary/aromatic N) is 1.